The Balaban J connectivity index is 1.83. The van der Waals surface area contributed by atoms with E-state index in [0.29, 0.717) is 53.7 Å². The van der Waals surface area contributed by atoms with Gasteiger partial charge in [0.05, 0.1) is 5.52 Å². The number of hydrogen-bond acceptors (Lipinski definition) is 6. The maximum Gasteiger partial charge on any atom is 0.354 e. The van der Waals surface area contributed by atoms with Crippen LogP contribution in [0.4, 0.5) is 5.82 Å². The fourth-order valence-corrected chi connectivity index (χ4v) is 6.89. The lowest BCUT2D eigenvalue weighted by Crippen LogP contribution is -2.54. The molecule has 8 nitrogen and oxygen atoms in total. The molecule has 1 aliphatic heterocycles. The highest BCUT2D eigenvalue weighted by atomic mass is 31.0. The van der Waals surface area contributed by atoms with Gasteiger partial charge < -0.3 is 14.9 Å². The van der Waals surface area contributed by atoms with Gasteiger partial charge in [-0.2, -0.15) is 4.98 Å². The van der Waals surface area contributed by atoms with Gasteiger partial charge in [0.2, 0.25) is 5.91 Å². The number of carbonyl (C=O) groups is 1. The predicted molar refractivity (Wildman–Crippen MR) is 179 cm³/mol. The van der Waals surface area contributed by atoms with Crippen LogP contribution in [0.1, 0.15) is 25.0 Å². The van der Waals surface area contributed by atoms with Crippen molar-refractivity contribution < 1.29 is 9.90 Å². The zero-order valence-electron chi connectivity index (χ0n) is 23.9. The number of benzene rings is 2. The van der Waals surface area contributed by atoms with Gasteiger partial charge in [-0.15, -0.1) is 18.5 Å². The third kappa shape index (κ3) is 4.36. The fourth-order valence-electron chi connectivity index (χ4n) is 6.25. The second kappa shape index (κ2) is 10.8. The van der Waals surface area contributed by atoms with Gasteiger partial charge in [-0.25, -0.2) is 4.79 Å². The van der Waals surface area contributed by atoms with Gasteiger partial charge in [-0.1, -0.05) is 37.8 Å². The molecule has 10 heteroatoms. The van der Waals surface area contributed by atoms with Crippen LogP contribution in [0.25, 0.3) is 38.0 Å². The minimum atomic E-state index is -0.485. The number of pyridine rings is 1. The maximum atomic E-state index is 14.2. The lowest BCUT2D eigenvalue weighted by atomic mass is 9.99. The van der Waals surface area contributed by atoms with Crippen LogP contribution in [0.3, 0.4) is 0 Å². The first-order valence-corrected chi connectivity index (χ1v) is 15.1. The summed E-state index contributed by atoms with van der Waals surface area (Å²) in [6.45, 7) is 11.1. The quantitative estimate of drug-likeness (QED) is 0.251. The van der Waals surface area contributed by atoms with Gasteiger partial charge >= 0.3 is 5.69 Å². The number of aryl methyl sites for hydroxylation is 2. The summed E-state index contributed by atoms with van der Waals surface area (Å²) >= 11 is 0. The SMILES string of the molecule is C=CC(=O)N1CCN(c2nc(=O)n3c4c(CC)cncc4ccc4ccc(P)c(P)c4c4c(C)cc2c3c4O)[C@@H](C)C1. The number of phenols is 1. The molecule has 2 aromatic carbocycles. The van der Waals surface area contributed by atoms with Crippen LogP contribution in [-0.4, -0.2) is 56.0 Å². The van der Waals surface area contributed by atoms with E-state index >= 15 is 0 Å². The topological polar surface area (TPSA) is 91.0 Å². The monoisotopic (exact) mass is 597 g/mol. The molecule has 4 heterocycles. The van der Waals surface area contributed by atoms with E-state index in [4.69, 9.17) is 0 Å². The van der Waals surface area contributed by atoms with E-state index in [1.807, 2.05) is 51.1 Å². The molecule has 1 fully saturated rings. The van der Waals surface area contributed by atoms with Crippen LogP contribution in [0.2, 0.25) is 0 Å². The van der Waals surface area contributed by atoms with Gasteiger partial charge in [-0.3, -0.25) is 14.2 Å². The molecule has 214 valence electrons. The molecular weight excluding hydrogens is 564 g/mol. The van der Waals surface area contributed by atoms with Gasteiger partial charge in [-0.05, 0) is 59.5 Å². The Labute approximate surface area is 248 Å². The van der Waals surface area contributed by atoms with E-state index in [9.17, 15) is 14.7 Å². The van der Waals surface area contributed by atoms with Crippen LogP contribution in [0.15, 0.2) is 60.2 Å². The van der Waals surface area contributed by atoms with Crippen LogP contribution in [0, 0.1) is 6.92 Å². The largest absolute Gasteiger partial charge is 0.505 e. The van der Waals surface area contributed by atoms with Crippen molar-refractivity contribution in [1.82, 2.24) is 19.3 Å². The van der Waals surface area contributed by atoms with Crippen LogP contribution < -0.4 is 21.2 Å². The number of fused-ring (bicyclic) bond motifs is 5. The number of phenolic OH excluding ortho intramolecular Hbond substituents is 1. The van der Waals surface area contributed by atoms with Crippen molar-refractivity contribution in [3.63, 3.8) is 0 Å². The molecule has 5 aromatic rings. The summed E-state index contributed by atoms with van der Waals surface area (Å²) in [7, 11) is 5.58. The standard InChI is InChI=1S/C32H33N5O3P2/c1-5-19-14-33-15-21-8-7-20-9-10-23(41)30(42)26(20)25-17(3)13-22-28(29(25)39)37(27(19)21)32(40)34-31(22)36-12-11-35(16-18(36)4)24(38)6-2/h6-10,13-15,18,39H,2,5,11-12,16,41-42H2,1,3-4H3/t18-/m0/s1. The van der Waals surface area contributed by atoms with Crippen LogP contribution in [-0.2, 0) is 11.2 Å². The van der Waals surface area contributed by atoms with E-state index in [1.54, 1.807) is 21.7 Å². The second-order valence-corrected chi connectivity index (χ2v) is 12.1. The summed E-state index contributed by atoms with van der Waals surface area (Å²) in [6.07, 6.45) is 5.48. The molecule has 0 saturated carbocycles. The van der Waals surface area contributed by atoms with E-state index in [-0.39, 0.29) is 17.7 Å². The lowest BCUT2D eigenvalue weighted by Gasteiger charge is -2.40. The number of aromatic hydroxyl groups is 1. The van der Waals surface area contributed by atoms with E-state index < -0.39 is 5.69 Å². The average molecular weight is 598 g/mol. The van der Waals surface area contributed by atoms with Crippen molar-refractivity contribution >= 4 is 78.8 Å². The summed E-state index contributed by atoms with van der Waals surface area (Å²) in [5.41, 5.74) is 2.32. The molecule has 6 rings (SSSR count). The average Bonchev–Trinajstić information content (AvgIpc) is 2.98. The molecule has 3 atom stereocenters. The van der Waals surface area contributed by atoms with Crippen molar-refractivity contribution in [1.29, 1.82) is 0 Å². The van der Waals surface area contributed by atoms with E-state index in [2.05, 4.69) is 39.9 Å². The summed E-state index contributed by atoms with van der Waals surface area (Å²) in [5.74, 6) is 0.411. The van der Waals surface area contributed by atoms with Gasteiger partial charge in [0, 0.05) is 59.6 Å². The highest BCUT2D eigenvalue weighted by molar-refractivity contribution is 7.36. The molecule has 1 N–H and O–H groups in total. The van der Waals surface area contributed by atoms with Crippen LogP contribution >= 0.6 is 18.5 Å². The number of anilines is 1. The maximum absolute atomic E-state index is 14.2. The molecule has 3 aromatic heterocycles. The van der Waals surface area contributed by atoms with E-state index in [1.165, 1.54) is 6.08 Å². The number of aromatic nitrogens is 3. The number of nitrogens with zero attached hydrogens (tertiary/aromatic N) is 5. The van der Waals surface area contributed by atoms with Crippen molar-refractivity contribution in [3.8, 4) is 5.75 Å². The Hall–Kier alpha value is -3.86. The van der Waals surface area contributed by atoms with Crippen molar-refractivity contribution in [3.05, 3.63) is 77.0 Å². The van der Waals surface area contributed by atoms with Gasteiger partial charge in [0.1, 0.15) is 17.1 Å². The highest BCUT2D eigenvalue weighted by Crippen LogP contribution is 2.40. The number of hydrogen-bond donors (Lipinski definition) is 1. The minimum Gasteiger partial charge on any atom is -0.505 e. The summed E-state index contributed by atoms with van der Waals surface area (Å²) in [6, 6.07) is 9.99. The summed E-state index contributed by atoms with van der Waals surface area (Å²) < 4.78 is 1.55. The zero-order valence-corrected chi connectivity index (χ0v) is 26.2. The molecule has 1 aliphatic rings. The third-order valence-electron chi connectivity index (χ3n) is 8.34. The van der Waals surface area contributed by atoms with Crippen molar-refractivity contribution in [2.75, 3.05) is 24.5 Å². The Kier molecular flexibility index (Phi) is 7.24. The lowest BCUT2D eigenvalue weighted by molar-refractivity contribution is -0.126. The number of carbonyl (C=O) groups excluding carboxylic acids is 1. The number of rotatable bonds is 3. The van der Waals surface area contributed by atoms with Crippen LogP contribution in [0.5, 0.6) is 5.75 Å². The Morgan fingerprint density at radius 3 is 2.57 bits per heavy atom. The molecule has 1 saturated heterocycles. The number of piperazine rings is 1. The third-order valence-corrected chi connectivity index (χ3v) is 9.80. The fraction of sp³-hybridized carbons (Fsp3) is 0.250. The summed E-state index contributed by atoms with van der Waals surface area (Å²) in [4.78, 5) is 39.5. The molecule has 0 aliphatic carbocycles. The highest BCUT2D eigenvalue weighted by Gasteiger charge is 2.30. The smallest absolute Gasteiger partial charge is 0.354 e. The van der Waals surface area contributed by atoms with Gasteiger partial charge in [0.15, 0.2) is 0 Å². The Morgan fingerprint density at radius 1 is 1.12 bits per heavy atom. The van der Waals surface area contributed by atoms with Gasteiger partial charge in [0.25, 0.3) is 0 Å². The predicted octanol–water partition coefficient (Wildman–Crippen LogP) is 3.91. The first-order chi connectivity index (χ1) is 20.2. The molecule has 2 unspecified atom stereocenters. The normalized spacial score (nSPS) is 15.6. The molecule has 0 radical (unpaired) electrons. The molecule has 0 spiro atoms. The molecule has 1 amide bonds. The second-order valence-electron chi connectivity index (χ2n) is 10.9. The minimum absolute atomic E-state index is 0.0274. The molecule has 2 bridgehead atoms. The molecule has 42 heavy (non-hydrogen) atoms. The Bertz CT molecular complexity index is 2060. The molecular formula is C32H33N5O3P2. The van der Waals surface area contributed by atoms with Crippen molar-refractivity contribution in [2.45, 2.75) is 33.2 Å². The first kappa shape index (κ1) is 28.3. The van der Waals surface area contributed by atoms with Crippen molar-refractivity contribution in [2.24, 2.45) is 0 Å². The number of amides is 1. The Morgan fingerprint density at radius 2 is 1.86 bits per heavy atom. The summed E-state index contributed by atoms with van der Waals surface area (Å²) in [5, 5.41) is 18.1. The first-order valence-electron chi connectivity index (χ1n) is 14.0. The van der Waals surface area contributed by atoms with E-state index in [0.717, 1.165) is 37.9 Å². The zero-order chi connectivity index (χ0) is 29.9.